The summed E-state index contributed by atoms with van der Waals surface area (Å²) in [7, 11) is 1.58. The third-order valence-corrected chi connectivity index (χ3v) is 2.43. The lowest BCUT2D eigenvalue weighted by Gasteiger charge is -2.21. The average molecular weight is 238 g/mol. The second-order valence-electron chi connectivity index (χ2n) is 3.68. The molecule has 0 spiro atoms. The van der Waals surface area contributed by atoms with Crippen molar-refractivity contribution in [2.24, 2.45) is 0 Å². The minimum absolute atomic E-state index is 0.0681. The summed E-state index contributed by atoms with van der Waals surface area (Å²) in [4.78, 5) is 17.8. The van der Waals surface area contributed by atoms with Gasteiger partial charge in [-0.2, -0.15) is 0 Å². The monoisotopic (exact) mass is 238 g/mol. The molecular weight excluding hydrogens is 220 g/mol. The van der Waals surface area contributed by atoms with E-state index in [1.54, 1.807) is 24.3 Å². The largest absolute Gasteiger partial charge is 0.395 e. The fourth-order valence-electron chi connectivity index (χ4n) is 1.50. The summed E-state index contributed by atoms with van der Waals surface area (Å²) in [6, 6.07) is 3.63. The Morgan fingerprint density at radius 3 is 2.88 bits per heavy atom. The molecule has 0 fully saturated rings. The molecule has 1 amide bonds. The van der Waals surface area contributed by atoms with Crippen LogP contribution in [0.15, 0.2) is 18.3 Å². The summed E-state index contributed by atoms with van der Waals surface area (Å²) < 4.78 is 4.94. The second kappa shape index (κ2) is 6.98. The number of rotatable bonds is 6. The number of aromatic nitrogens is 1. The van der Waals surface area contributed by atoms with Gasteiger partial charge in [0.1, 0.15) is 5.69 Å². The quantitative estimate of drug-likeness (QED) is 0.782. The molecule has 0 bridgehead atoms. The van der Waals surface area contributed by atoms with E-state index in [0.29, 0.717) is 18.8 Å². The maximum absolute atomic E-state index is 12.2. The Morgan fingerprint density at radius 1 is 1.53 bits per heavy atom. The fraction of sp³-hybridized carbons (Fsp3) is 0.500. The number of aliphatic hydroxyl groups excluding tert-OH is 1. The molecule has 5 heteroatoms. The van der Waals surface area contributed by atoms with Crippen LogP contribution in [0.5, 0.6) is 0 Å². The van der Waals surface area contributed by atoms with Gasteiger partial charge in [-0.05, 0) is 18.6 Å². The Labute approximate surface area is 101 Å². The molecule has 0 aliphatic carbocycles. The highest BCUT2D eigenvalue weighted by atomic mass is 16.5. The lowest BCUT2D eigenvalue weighted by molar-refractivity contribution is 0.0650. The molecule has 1 aromatic rings. The van der Waals surface area contributed by atoms with Gasteiger partial charge in [-0.25, -0.2) is 0 Å². The maximum atomic E-state index is 12.2. The van der Waals surface area contributed by atoms with Crippen molar-refractivity contribution in [1.29, 1.82) is 0 Å². The number of aliphatic hydroxyl groups is 1. The van der Waals surface area contributed by atoms with Crippen LogP contribution in [0, 0.1) is 6.92 Å². The van der Waals surface area contributed by atoms with E-state index >= 15 is 0 Å². The number of pyridine rings is 1. The van der Waals surface area contributed by atoms with Gasteiger partial charge in [-0.15, -0.1) is 0 Å². The second-order valence-corrected chi connectivity index (χ2v) is 3.68. The van der Waals surface area contributed by atoms with Crippen LogP contribution in [-0.2, 0) is 4.74 Å². The normalized spacial score (nSPS) is 10.3. The van der Waals surface area contributed by atoms with Gasteiger partial charge in [0.2, 0.25) is 0 Å². The molecule has 0 aliphatic heterocycles. The molecule has 0 unspecified atom stereocenters. The molecule has 0 saturated heterocycles. The van der Waals surface area contributed by atoms with Crippen molar-refractivity contribution in [2.45, 2.75) is 6.92 Å². The van der Waals surface area contributed by atoms with Crippen LogP contribution in [0.4, 0.5) is 0 Å². The van der Waals surface area contributed by atoms with Gasteiger partial charge in [0.25, 0.3) is 5.91 Å². The first kappa shape index (κ1) is 13.6. The molecule has 1 rings (SSSR count). The van der Waals surface area contributed by atoms with Gasteiger partial charge in [-0.1, -0.05) is 6.07 Å². The minimum atomic E-state index is -0.172. The molecule has 0 radical (unpaired) electrons. The van der Waals surface area contributed by atoms with Crippen LogP contribution in [0.1, 0.15) is 16.1 Å². The smallest absolute Gasteiger partial charge is 0.272 e. The van der Waals surface area contributed by atoms with Gasteiger partial charge >= 0.3 is 0 Å². The van der Waals surface area contributed by atoms with E-state index in [2.05, 4.69) is 4.98 Å². The molecule has 0 atom stereocenters. The average Bonchev–Trinajstić information content (AvgIpc) is 2.34. The summed E-state index contributed by atoms with van der Waals surface area (Å²) >= 11 is 0. The summed E-state index contributed by atoms with van der Waals surface area (Å²) in [5.74, 6) is -0.172. The van der Waals surface area contributed by atoms with E-state index in [0.717, 1.165) is 5.56 Å². The van der Waals surface area contributed by atoms with Gasteiger partial charge in [-0.3, -0.25) is 9.78 Å². The lowest BCUT2D eigenvalue weighted by atomic mass is 10.2. The molecule has 1 heterocycles. The van der Waals surface area contributed by atoms with Crippen molar-refractivity contribution in [3.63, 3.8) is 0 Å². The molecule has 0 saturated carbocycles. The number of aryl methyl sites for hydroxylation is 1. The molecule has 1 aromatic heterocycles. The summed E-state index contributed by atoms with van der Waals surface area (Å²) in [6.45, 7) is 2.96. The van der Waals surface area contributed by atoms with Crippen molar-refractivity contribution < 1.29 is 14.6 Å². The van der Waals surface area contributed by atoms with Crippen LogP contribution in [0.3, 0.4) is 0 Å². The van der Waals surface area contributed by atoms with E-state index in [9.17, 15) is 4.79 Å². The lowest BCUT2D eigenvalue weighted by Crippen LogP contribution is -2.37. The SMILES string of the molecule is COCCN(CCO)C(=O)c1ncccc1C. The van der Waals surface area contributed by atoms with Crippen molar-refractivity contribution in [1.82, 2.24) is 9.88 Å². The first-order valence-electron chi connectivity index (χ1n) is 5.51. The molecule has 0 aliphatic rings. The van der Waals surface area contributed by atoms with Crippen LogP contribution in [0.2, 0.25) is 0 Å². The molecule has 1 N–H and O–H groups in total. The number of amides is 1. The molecular formula is C12H18N2O3. The Balaban J connectivity index is 2.80. The Morgan fingerprint density at radius 2 is 2.29 bits per heavy atom. The van der Waals surface area contributed by atoms with Crippen LogP contribution in [-0.4, -0.2) is 54.3 Å². The molecule has 17 heavy (non-hydrogen) atoms. The van der Waals surface area contributed by atoms with E-state index in [-0.39, 0.29) is 19.1 Å². The third-order valence-electron chi connectivity index (χ3n) is 2.43. The predicted octanol–water partition coefficient (Wildman–Crippen LogP) is 0.471. The van der Waals surface area contributed by atoms with E-state index in [1.807, 2.05) is 13.0 Å². The van der Waals surface area contributed by atoms with E-state index in [4.69, 9.17) is 9.84 Å². The first-order chi connectivity index (χ1) is 8.20. The zero-order valence-corrected chi connectivity index (χ0v) is 10.2. The van der Waals surface area contributed by atoms with Crippen molar-refractivity contribution in [3.8, 4) is 0 Å². The fourth-order valence-corrected chi connectivity index (χ4v) is 1.50. The van der Waals surface area contributed by atoms with Gasteiger partial charge < -0.3 is 14.7 Å². The molecule has 0 aromatic carbocycles. The Kier molecular flexibility index (Phi) is 5.59. The van der Waals surface area contributed by atoms with Crippen molar-refractivity contribution >= 4 is 5.91 Å². The highest BCUT2D eigenvalue weighted by Gasteiger charge is 2.17. The maximum Gasteiger partial charge on any atom is 0.272 e. The zero-order chi connectivity index (χ0) is 12.7. The number of carbonyl (C=O) groups is 1. The summed E-state index contributed by atoms with van der Waals surface area (Å²) in [5, 5.41) is 8.95. The topological polar surface area (TPSA) is 62.7 Å². The van der Waals surface area contributed by atoms with Gasteiger partial charge in [0.15, 0.2) is 0 Å². The number of ether oxygens (including phenoxy) is 1. The summed E-state index contributed by atoms with van der Waals surface area (Å²) in [6.07, 6.45) is 1.59. The minimum Gasteiger partial charge on any atom is -0.395 e. The van der Waals surface area contributed by atoms with E-state index in [1.165, 1.54) is 0 Å². The number of hydrogen-bond acceptors (Lipinski definition) is 4. The first-order valence-corrected chi connectivity index (χ1v) is 5.51. The standard InChI is InChI=1S/C12H18N2O3/c1-10-4-3-5-13-11(10)12(16)14(6-8-15)7-9-17-2/h3-5,15H,6-9H2,1-2H3. The highest BCUT2D eigenvalue weighted by Crippen LogP contribution is 2.07. The van der Waals surface area contributed by atoms with Gasteiger partial charge in [0, 0.05) is 26.4 Å². The number of carbonyl (C=O) groups excluding carboxylic acids is 1. The number of nitrogens with zero attached hydrogens (tertiary/aromatic N) is 2. The predicted molar refractivity (Wildman–Crippen MR) is 63.8 cm³/mol. The van der Waals surface area contributed by atoms with E-state index < -0.39 is 0 Å². The molecule has 94 valence electrons. The Bertz CT molecular complexity index is 369. The third kappa shape index (κ3) is 3.80. The highest BCUT2D eigenvalue weighted by molar-refractivity contribution is 5.93. The van der Waals surface area contributed by atoms with Crippen LogP contribution in [0.25, 0.3) is 0 Å². The summed E-state index contributed by atoms with van der Waals surface area (Å²) in [5.41, 5.74) is 1.26. The number of methoxy groups -OCH3 is 1. The van der Waals surface area contributed by atoms with Crippen LogP contribution >= 0.6 is 0 Å². The van der Waals surface area contributed by atoms with Crippen molar-refractivity contribution in [3.05, 3.63) is 29.6 Å². The zero-order valence-electron chi connectivity index (χ0n) is 10.2. The van der Waals surface area contributed by atoms with Gasteiger partial charge in [0.05, 0.1) is 13.2 Å². The number of hydrogen-bond donors (Lipinski definition) is 1. The van der Waals surface area contributed by atoms with Crippen molar-refractivity contribution in [2.75, 3.05) is 33.4 Å². The van der Waals surface area contributed by atoms with Crippen LogP contribution < -0.4 is 0 Å². The molecule has 5 nitrogen and oxygen atoms in total. The Hall–Kier alpha value is -1.46.